The van der Waals surface area contributed by atoms with Crippen LogP contribution >= 0.6 is 11.6 Å². The van der Waals surface area contributed by atoms with Gasteiger partial charge in [0.1, 0.15) is 5.75 Å². The van der Waals surface area contributed by atoms with E-state index in [1.807, 2.05) is 26.8 Å². The zero-order valence-corrected chi connectivity index (χ0v) is 16.9. The van der Waals surface area contributed by atoms with Gasteiger partial charge < -0.3 is 14.2 Å². The molecule has 0 atom stereocenters. The Labute approximate surface area is 168 Å². The van der Waals surface area contributed by atoms with Crippen LogP contribution in [-0.2, 0) is 4.79 Å². The van der Waals surface area contributed by atoms with Gasteiger partial charge in [0.25, 0.3) is 11.8 Å². The summed E-state index contributed by atoms with van der Waals surface area (Å²) < 4.78 is 16.2. The monoisotopic (exact) mass is 406 g/mol. The Kier molecular flexibility index (Phi) is 7.52. The van der Waals surface area contributed by atoms with Gasteiger partial charge >= 0.3 is 0 Å². The molecule has 8 heteroatoms. The lowest BCUT2D eigenvalue weighted by Gasteiger charge is -2.14. The molecule has 0 radical (unpaired) electrons. The summed E-state index contributed by atoms with van der Waals surface area (Å²) in [6.07, 6.45) is -0.0326. The van der Waals surface area contributed by atoms with Crippen LogP contribution in [0.2, 0.25) is 5.02 Å². The van der Waals surface area contributed by atoms with Crippen LogP contribution in [0.3, 0.4) is 0 Å². The van der Waals surface area contributed by atoms with Crippen LogP contribution in [0.1, 0.15) is 29.8 Å². The predicted molar refractivity (Wildman–Crippen MR) is 106 cm³/mol. The number of amides is 2. The third-order valence-electron chi connectivity index (χ3n) is 3.55. The smallest absolute Gasteiger partial charge is 0.276 e. The Morgan fingerprint density at radius 2 is 1.79 bits per heavy atom. The predicted octanol–water partition coefficient (Wildman–Crippen LogP) is 3.28. The van der Waals surface area contributed by atoms with Crippen molar-refractivity contribution in [2.24, 2.45) is 0 Å². The Hall–Kier alpha value is -2.93. The minimum absolute atomic E-state index is 0.0326. The van der Waals surface area contributed by atoms with E-state index in [4.69, 9.17) is 25.8 Å². The highest BCUT2D eigenvalue weighted by Gasteiger charge is 2.13. The molecule has 2 aromatic rings. The fourth-order valence-corrected chi connectivity index (χ4v) is 2.43. The molecule has 2 N–H and O–H groups in total. The van der Waals surface area contributed by atoms with Gasteiger partial charge in [-0.15, -0.1) is 0 Å². The molecular weight excluding hydrogens is 384 g/mol. The molecular formula is C20H23ClN2O5. The van der Waals surface area contributed by atoms with Crippen LogP contribution < -0.4 is 25.1 Å². The number of hydrogen-bond acceptors (Lipinski definition) is 5. The number of carbonyl (C=O) groups is 2. The van der Waals surface area contributed by atoms with E-state index in [0.29, 0.717) is 27.8 Å². The molecule has 0 saturated heterocycles. The van der Waals surface area contributed by atoms with Gasteiger partial charge in [-0.25, -0.2) is 0 Å². The topological polar surface area (TPSA) is 85.9 Å². The number of nitrogens with one attached hydrogen (secondary N) is 2. The molecule has 2 rings (SSSR count). The molecule has 0 aromatic heterocycles. The highest BCUT2D eigenvalue weighted by molar-refractivity contribution is 6.32. The Bertz CT molecular complexity index is 854. The molecule has 0 heterocycles. The van der Waals surface area contributed by atoms with Crippen molar-refractivity contribution in [1.29, 1.82) is 0 Å². The van der Waals surface area contributed by atoms with Gasteiger partial charge in [0.2, 0.25) is 0 Å². The maximum absolute atomic E-state index is 12.2. The van der Waals surface area contributed by atoms with Gasteiger partial charge in [-0.1, -0.05) is 17.7 Å². The molecule has 150 valence electrons. The fraction of sp³-hybridized carbons (Fsp3) is 0.300. The third-order valence-corrected chi connectivity index (χ3v) is 3.86. The molecule has 2 aromatic carbocycles. The molecule has 0 aliphatic rings. The number of ether oxygens (including phenoxy) is 3. The summed E-state index contributed by atoms with van der Waals surface area (Å²) in [6.45, 7) is 5.37. The van der Waals surface area contributed by atoms with E-state index in [9.17, 15) is 9.59 Å². The number of hydrogen-bond donors (Lipinski definition) is 2. The Morgan fingerprint density at radius 3 is 2.46 bits per heavy atom. The second-order valence-corrected chi connectivity index (χ2v) is 6.66. The Balaban J connectivity index is 1.90. The van der Waals surface area contributed by atoms with Crippen molar-refractivity contribution in [1.82, 2.24) is 10.9 Å². The van der Waals surface area contributed by atoms with Crippen LogP contribution in [0, 0.1) is 6.92 Å². The highest BCUT2D eigenvalue weighted by Crippen LogP contribution is 2.29. The van der Waals surface area contributed by atoms with Crippen LogP contribution in [-0.4, -0.2) is 31.6 Å². The minimum atomic E-state index is -0.530. The number of benzene rings is 2. The number of methoxy groups -OCH3 is 1. The summed E-state index contributed by atoms with van der Waals surface area (Å²) in [5.74, 6) is 0.314. The van der Waals surface area contributed by atoms with Crippen molar-refractivity contribution in [3.63, 3.8) is 0 Å². The van der Waals surface area contributed by atoms with E-state index in [2.05, 4.69) is 10.9 Å². The second-order valence-electron chi connectivity index (χ2n) is 6.26. The summed E-state index contributed by atoms with van der Waals surface area (Å²) >= 11 is 6.01. The first-order valence-corrected chi connectivity index (χ1v) is 9.00. The van der Waals surface area contributed by atoms with Crippen LogP contribution in [0.5, 0.6) is 17.2 Å². The average molecular weight is 407 g/mol. The summed E-state index contributed by atoms with van der Waals surface area (Å²) in [4.78, 5) is 24.1. The van der Waals surface area contributed by atoms with Crippen LogP contribution in [0.15, 0.2) is 36.4 Å². The van der Waals surface area contributed by atoms with E-state index in [1.165, 1.54) is 13.2 Å². The van der Waals surface area contributed by atoms with Crippen molar-refractivity contribution in [2.45, 2.75) is 26.9 Å². The standard InChI is InChI=1S/C20H23ClN2O5/c1-12(2)28-16-8-6-14(10-18(16)26-4)20(25)23-22-19(24)11-27-17-9-13(3)5-7-15(17)21/h5-10,12H,11H2,1-4H3,(H,22,24)(H,23,25). The van der Waals surface area contributed by atoms with Gasteiger partial charge in [0, 0.05) is 5.56 Å². The molecule has 0 spiro atoms. The Morgan fingerprint density at radius 1 is 1.04 bits per heavy atom. The van der Waals surface area contributed by atoms with Crippen LogP contribution in [0.25, 0.3) is 0 Å². The summed E-state index contributed by atoms with van der Waals surface area (Å²) in [6, 6.07) is 9.99. The number of aryl methyl sites for hydroxylation is 1. The van der Waals surface area contributed by atoms with Crippen molar-refractivity contribution in [3.05, 3.63) is 52.5 Å². The summed E-state index contributed by atoms with van der Waals surface area (Å²) in [7, 11) is 1.49. The number of rotatable bonds is 7. The van der Waals surface area contributed by atoms with Crippen molar-refractivity contribution in [3.8, 4) is 17.2 Å². The van der Waals surface area contributed by atoms with Gasteiger partial charge in [0.05, 0.1) is 18.2 Å². The highest BCUT2D eigenvalue weighted by atomic mass is 35.5. The molecule has 0 fully saturated rings. The van der Waals surface area contributed by atoms with Gasteiger partial charge in [-0.2, -0.15) is 0 Å². The molecule has 0 aliphatic heterocycles. The normalized spacial score (nSPS) is 10.4. The zero-order valence-electron chi connectivity index (χ0n) is 16.2. The SMILES string of the molecule is COc1cc(C(=O)NNC(=O)COc2cc(C)ccc2Cl)ccc1OC(C)C. The van der Waals surface area contributed by atoms with E-state index in [1.54, 1.807) is 24.3 Å². The van der Waals surface area contributed by atoms with Crippen LogP contribution in [0.4, 0.5) is 0 Å². The quantitative estimate of drug-likeness (QED) is 0.689. The molecule has 0 unspecified atom stereocenters. The number of hydrazine groups is 1. The molecule has 0 saturated carbocycles. The third kappa shape index (κ3) is 6.06. The van der Waals surface area contributed by atoms with Gasteiger partial charge in [0.15, 0.2) is 18.1 Å². The lowest BCUT2D eigenvalue weighted by molar-refractivity contribution is -0.123. The number of carbonyl (C=O) groups excluding carboxylic acids is 2. The second kappa shape index (κ2) is 9.85. The number of halogens is 1. The summed E-state index contributed by atoms with van der Waals surface area (Å²) in [5, 5.41) is 0.401. The molecule has 2 amide bonds. The maximum Gasteiger partial charge on any atom is 0.276 e. The largest absolute Gasteiger partial charge is 0.493 e. The van der Waals surface area contributed by atoms with Gasteiger partial charge in [-0.3, -0.25) is 20.4 Å². The van der Waals surface area contributed by atoms with E-state index >= 15 is 0 Å². The molecule has 0 aliphatic carbocycles. The fourth-order valence-electron chi connectivity index (χ4n) is 2.26. The van der Waals surface area contributed by atoms with Crippen molar-refractivity contribution >= 4 is 23.4 Å². The maximum atomic E-state index is 12.2. The first kappa shape index (κ1) is 21.4. The van der Waals surface area contributed by atoms with Gasteiger partial charge in [-0.05, 0) is 56.7 Å². The summed E-state index contributed by atoms with van der Waals surface area (Å²) in [5.41, 5.74) is 5.87. The average Bonchev–Trinajstić information content (AvgIpc) is 2.66. The zero-order chi connectivity index (χ0) is 20.7. The first-order valence-electron chi connectivity index (χ1n) is 8.63. The van der Waals surface area contributed by atoms with E-state index < -0.39 is 11.8 Å². The lowest BCUT2D eigenvalue weighted by Crippen LogP contribution is -2.43. The van der Waals surface area contributed by atoms with E-state index in [-0.39, 0.29) is 12.7 Å². The van der Waals surface area contributed by atoms with E-state index in [0.717, 1.165) is 5.56 Å². The molecule has 7 nitrogen and oxygen atoms in total. The van der Waals surface area contributed by atoms with Crippen molar-refractivity contribution < 1.29 is 23.8 Å². The molecule has 28 heavy (non-hydrogen) atoms. The first-order chi connectivity index (χ1) is 13.3. The molecule has 0 bridgehead atoms. The van der Waals surface area contributed by atoms with Crippen molar-refractivity contribution in [2.75, 3.05) is 13.7 Å². The lowest BCUT2D eigenvalue weighted by atomic mass is 10.2. The minimum Gasteiger partial charge on any atom is -0.493 e.